The topological polar surface area (TPSA) is 184 Å². The number of carboxylic acids is 1. The molecule has 13 nitrogen and oxygen atoms in total. The molecule has 53 heavy (non-hydrogen) atoms. The van der Waals surface area contributed by atoms with Crippen LogP contribution >= 0.6 is 23.2 Å². The molecule has 1 saturated heterocycles. The number of nitrogens with one attached hydrogen (secondary N) is 4. The lowest BCUT2D eigenvalue weighted by Crippen LogP contribution is -2.52. The van der Waals surface area contributed by atoms with E-state index in [4.69, 9.17) is 32.7 Å². The van der Waals surface area contributed by atoms with Crippen LogP contribution < -0.4 is 30.7 Å². The molecule has 2 aliphatic rings. The van der Waals surface area contributed by atoms with Gasteiger partial charge in [-0.1, -0.05) is 59.6 Å². The number of hydrogen-bond acceptors (Lipinski definition) is 10. The zero-order valence-electron chi connectivity index (χ0n) is 29.2. The number of nitrogens with zero attached hydrogens (tertiary/aromatic N) is 2. The number of amides is 2. The van der Waals surface area contributed by atoms with E-state index in [2.05, 4.69) is 31.2 Å². The lowest BCUT2D eigenvalue weighted by molar-refractivity contribution is -0.146. The molecule has 2 aromatic carbocycles. The number of carbonyl (C=O) groups is 3. The zero-order chi connectivity index (χ0) is 37.7. The molecule has 2 aromatic heterocycles. The summed E-state index contributed by atoms with van der Waals surface area (Å²) in [5, 5.41) is 31.3. The molecule has 0 spiro atoms. The van der Waals surface area contributed by atoms with Gasteiger partial charge in [-0.05, 0) is 66.6 Å². The minimum atomic E-state index is -1.50. The van der Waals surface area contributed by atoms with E-state index in [1.165, 1.54) is 13.1 Å². The third-order valence-corrected chi connectivity index (χ3v) is 10.2. The number of aromatic nitrogens is 2. The van der Waals surface area contributed by atoms with Gasteiger partial charge in [0.05, 0.1) is 24.3 Å². The first kappa shape index (κ1) is 38.0. The highest BCUT2D eigenvalue weighted by molar-refractivity contribution is 6.37. The Balaban J connectivity index is 1.13. The predicted octanol–water partition coefficient (Wildman–Crippen LogP) is 5.07. The molecular weight excluding hydrogens is 723 g/mol. The van der Waals surface area contributed by atoms with Gasteiger partial charge in [-0.25, -0.2) is 4.98 Å². The van der Waals surface area contributed by atoms with E-state index < -0.39 is 24.0 Å². The lowest BCUT2D eigenvalue weighted by atomic mass is 9.95. The van der Waals surface area contributed by atoms with Crippen LogP contribution in [0.5, 0.6) is 11.8 Å². The largest absolute Gasteiger partial charge is 0.481 e. The minimum Gasteiger partial charge on any atom is -0.481 e. The van der Waals surface area contributed by atoms with Gasteiger partial charge in [-0.15, -0.1) is 0 Å². The number of fused-ring (bicyclic) bond motifs is 1. The van der Waals surface area contributed by atoms with Crippen molar-refractivity contribution in [2.45, 2.75) is 63.4 Å². The van der Waals surface area contributed by atoms with Crippen molar-refractivity contribution in [1.29, 1.82) is 0 Å². The highest BCUT2D eigenvalue weighted by Gasteiger charge is 2.32. The average Bonchev–Trinajstić information content (AvgIpc) is 3.77. The Bertz CT molecular complexity index is 2010. The first-order valence-corrected chi connectivity index (χ1v) is 17.9. The van der Waals surface area contributed by atoms with Crippen molar-refractivity contribution in [3.63, 3.8) is 0 Å². The fraction of sp³-hybridized carbons (Fsp3) is 0.342. The summed E-state index contributed by atoms with van der Waals surface area (Å²) in [4.78, 5) is 45.2. The van der Waals surface area contributed by atoms with Gasteiger partial charge in [0.2, 0.25) is 17.7 Å². The number of anilines is 1. The molecule has 2 unspecified atom stereocenters. The number of rotatable bonds is 15. The summed E-state index contributed by atoms with van der Waals surface area (Å²) in [5.74, 6) is -0.605. The number of benzene rings is 2. The van der Waals surface area contributed by atoms with E-state index in [0.717, 1.165) is 28.7 Å². The molecule has 1 aliphatic heterocycles. The molecule has 0 saturated carbocycles. The molecular formula is C38H40Cl2N6O7. The van der Waals surface area contributed by atoms with Crippen molar-refractivity contribution >= 4 is 46.8 Å². The summed E-state index contributed by atoms with van der Waals surface area (Å²) in [6, 6.07) is 16.4. The lowest BCUT2D eigenvalue weighted by Gasteiger charge is -2.23. The quantitative estimate of drug-likeness (QED) is 0.0951. The van der Waals surface area contributed by atoms with Crippen LogP contribution in [-0.2, 0) is 29.1 Å². The maximum atomic E-state index is 13.4. The van der Waals surface area contributed by atoms with Crippen LogP contribution in [0, 0.1) is 0 Å². The van der Waals surface area contributed by atoms with Crippen molar-refractivity contribution in [1.82, 2.24) is 25.9 Å². The van der Waals surface area contributed by atoms with Crippen molar-refractivity contribution in [2.75, 3.05) is 25.6 Å². The average molecular weight is 764 g/mol. The van der Waals surface area contributed by atoms with Crippen LogP contribution in [0.1, 0.15) is 64.9 Å². The zero-order valence-corrected chi connectivity index (χ0v) is 30.7. The maximum absolute atomic E-state index is 13.4. The van der Waals surface area contributed by atoms with Gasteiger partial charge >= 0.3 is 5.97 Å². The predicted molar refractivity (Wildman–Crippen MR) is 199 cm³/mol. The summed E-state index contributed by atoms with van der Waals surface area (Å²) >= 11 is 13.6. The smallest absolute Gasteiger partial charge is 0.326 e. The normalized spacial score (nSPS) is 17.5. The van der Waals surface area contributed by atoms with E-state index >= 15 is 0 Å². The number of aliphatic hydroxyl groups is 1. The number of pyridine rings is 2. The second-order valence-electron chi connectivity index (χ2n) is 13.2. The molecule has 15 heteroatoms. The van der Waals surface area contributed by atoms with Crippen molar-refractivity contribution in [3.8, 4) is 22.9 Å². The first-order valence-electron chi connectivity index (χ1n) is 17.2. The van der Waals surface area contributed by atoms with E-state index in [0.29, 0.717) is 54.4 Å². The Hall–Kier alpha value is -4.79. The van der Waals surface area contributed by atoms with Crippen LogP contribution in [0.4, 0.5) is 5.82 Å². The third kappa shape index (κ3) is 8.55. The van der Waals surface area contributed by atoms with Gasteiger partial charge in [0.25, 0.3) is 5.91 Å². The van der Waals surface area contributed by atoms with Gasteiger partial charge in [-0.2, -0.15) is 4.98 Å². The number of methoxy groups -OCH3 is 1. The molecule has 4 aromatic rings. The van der Waals surface area contributed by atoms with E-state index in [1.54, 1.807) is 37.4 Å². The second kappa shape index (κ2) is 16.5. The van der Waals surface area contributed by atoms with Gasteiger partial charge in [0, 0.05) is 49.4 Å². The number of halogens is 2. The van der Waals surface area contributed by atoms with Crippen LogP contribution in [-0.4, -0.2) is 69.8 Å². The van der Waals surface area contributed by atoms with E-state index in [9.17, 15) is 24.6 Å². The molecule has 6 N–H and O–H groups in total. The van der Waals surface area contributed by atoms with Gasteiger partial charge in [-0.3, -0.25) is 19.7 Å². The maximum Gasteiger partial charge on any atom is 0.326 e. The number of carbonyl (C=O) groups excluding carboxylic acids is 2. The minimum absolute atomic E-state index is 0.0683. The fourth-order valence-electron chi connectivity index (χ4n) is 6.42. The summed E-state index contributed by atoms with van der Waals surface area (Å²) in [6.07, 6.45) is 3.90. The highest BCUT2D eigenvalue weighted by Crippen LogP contribution is 2.43. The highest BCUT2D eigenvalue weighted by atomic mass is 35.5. The first-order chi connectivity index (χ1) is 25.5. The molecule has 1 aliphatic carbocycles. The standard InChI is InChI=1S/C38H40Cl2N6O7/c1-38(20-47,37(50)51)43-17-21-9-13-31(42-16-21)45-34(49)28-8-4-7-27(33(28)40)24-5-3-6-26-25(24)11-12-30(26)53-36-29(39)15-22(35(46-36)52-2)18-41-19-23-10-14-32(48)44-23/h3-9,13,15-16,23,30,41,43,47H,10-12,14,17-20H2,1-2H3,(H,44,48)(H,50,51)(H,42,45,49)/t23?,30-,38?/m0/s1. The Labute approximate surface area is 316 Å². The summed E-state index contributed by atoms with van der Waals surface area (Å²) < 4.78 is 12.0. The number of ether oxygens (including phenoxy) is 2. The molecule has 1 fully saturated rings. The van der Waals surface area contributed by atoms with Crippen LogP contribution in [0.25, 0.3) is 11.1 Å². The number of aliphatic carboxylic acids is 1. The monoisotopic (exact) mass is 762 g/mol. The van der Waals surface area contributed by atoms with Gasteiger partial charge in [0.1, 0.15) is 22.5 Å². The van der Waals surface area contributed by atoms with Crippen LogP contribution in [0.2, 0.25) is 10.0 Å². The number of aliphatic hydroxyl groups excluding tert-OH is 1. The van der Waals surface area contributed by atoms with Crippen LogP contribution in [0.15, 0.2) is 60.8 Å². The molecule has 3 atom stereocenters. The SMILES string of the molecule is COc1nc(O[C@H]2CCc3c(-c4cccc(C(=O)Nc5ccc(CNC(C)(CO)C(=O)O)cn5)c4Cl)cccc32)c(Cl)cc1CNCC1CCC(=O)N1. The molecule has 0 radical (unpaired) electrons. The molecule has 278 valence electrons. The van der Waals surface area contributed by atoms with Crippen LogP contribution in [0.3, 0.4) is 0 Å². The van der Waals surface area contributed by atoms with Crippen molar-refractivity contribution in [3.05, 3.63) is 98.7 Å². The molecule has 2 amide bonds. The van der Waals surface area contributed by atoms with Gasteiger partial charge in [0.15, 0.2) is 0 Å². The fourth-order valence-corrected chi connectivity index (χ4v) is 6.95. The van der Waals surface area contributed by atoms with Gasteiger partial charge < -0.3 is 35.6 Å². The molecule has 0 bridgehead atoms. The summed E-state index contributed by atoms with van der Waals surface area (Å²) in [6.45, 7) is 2.04. The van der Waals surface area contributed by atoms with Crippen molar-refractivity contribution in [2.24, 2.45) is 0 Å². The Kier molecular flexibility index (Phi) is 11.8. The molecule has 6 rings (SSSR count). The van der Waals surface area contributed by atoms with Crippen molar-refractivity contribution < 1.29 is 34.1 Å². The third-order valence-electron chi connectivity index (χ3n) is 9.51. The molecule has 3 heterocycles. The second-order valence-corrected chi connectivity index (χ2v) is 14.0. The Morgan fingerprint density at radius 3 is 2.53 bits per heavy atom. The number of carboxylic acid groups (broad SMARTS) is 1. The Morgan fingerprint density at radius 2 is 1.83 bits per heavy atom. The number of hydrogen-bond donors (Lipinski definition) is 6. The summed E-state index contributed by atoms with van der Waals surface area (Å²) in [7, 11) is 1.54. The van der Waals surface area contributed by atoms with E-state index in [1.807, 2.05) is 24.3 Å². The Morgan fingerprint density at radius 1 is 1.04 bits per heavy atom. The van der Waals surface area contributed by atoms with E-state index in [-0.39, 0.29) is 46.9 Å². The summed E-state index contributed by atoms with van der Waals surface area (Å²) in [5.41, 5.74) is 3.81.